The van der Waals surface area contributed by atoms with Gasteiger partial charge in [0, 0.05) is 16.0 Å². The molecule has 1 nitrogen and oxygen atoms in total. The fourth-order valence-corrected chi connectivity index (χ4v) is 3.40. The Morgan fingerprint density at radius 3 is 2.58 bits per heavy atom. The molecule has 0 bridgehead atoms. The van der Waals surface area contributed by atoms with Crippen LogP contribution in [0.4, 0.5) is 0 Å². The lowest BCUT2D eigenvalue weighted by molar-refractivity contribution is 0.235. The Bertz CT molecular complexity index is 394. The van der Waals surface area contributed by atoms with Crippen molar-refractivity contribution in [1.29, 1.82) is 0 Å². The van der Waals surface area contributed by atoms with Crippen LogP contribution in [0.3, 0.4) is 0 Å². The summed E-state index contributed by atoms with van der Waals surface area (Å²) >= 11 is 9.85. The lowest BCUT2D eigenvalue weighted by atomic mass is 9.75. The van der Waals surface area contributed by atoms with Crippen molar-refractivity contribution in [2.45, 2.75) is 46.0 Å². The van der Waals surface area contributed by atoms with Crippen LogP contribution in [-0.2, 0) is 6.42 Å². The molecule has 3 heteroatoms. The standard InChI is InChI=1S/C16H25BrClN/c1-4-6-9-16(5-2,12-19-3)11-13-7-8-14(17)10-15(13)18/h7-8,10,19H,4-6,9,11-12H2,1-3H3. The zero-order valence-electron chi connectivity index (χ0n) is 12.2. The first-order valence-electron chi connectivity index (χ1n) is 7.15. The molecule has 1 aromatic carbocycles. The molecule has 0 fully saturated rings. The number of halogens is 2. The molecular weight excluding hydrogens is 322 g/mol. The van der Waals surface area contributed by atoms with Crippen LogP contribution in [-0.4, -0.2) is 13.6 Å². The molecule has 1 aromatic rings. The summed E-state index contributed by atoms with van der Waals surface area (Å²) in [6.45, 7) is 5.60. The third-order valence-electron chi connectivity index (χ3n) is 3.94. The van der Waals surface area contributed by atoms with Gasteiger partial charge in [-0.2, -0.15) is 0 Å². The normalized spacial score (nSPS) is 14.4. The maximum atomic E-state index is 6.38. The lowest BCUT2D eigenvalue weighted by Crippen LogP contribution is -2.34. The summed E-state index contributed by atoms with van der Waals surface area (Å²) in [5, 5.41) is 4.24. The van der Waals surface area contributed by atoms with E-state index < -0.39 is 0 Å². The fraction of sp³-hybridized carbons (Fsp3) is 0.625. The van der Waals surface area contributed by atoms with Crippen molar-refractivity contribution < 1.29 is 0 Å². The van der Waals surface area contributed by atoms with E-state index in [2.05, 4.69) is 47.2 Å². The summed E-state index contributed by atoms with van der Waals surface area (Å²) in [7, 11) is 2.04. The van der Waals surface area contributed by atoms with Crippen LogP contribution in [0.15, 0.2) is 22.7 Å². The van der Waals surface area contributed by atoms with Gasteiger partial charge in [-0.3, -0.25) is 0 Å². The Labute approximate surface area is 131 Å². The molecule has 0 radical (unpaired) electrons. The van der Waals surface area contributed by atoms with Crippen LogP contribution >= 0.6 is 27.5 Å². The predicted molar refractivity (Wildman–Crippen MR) is 89.0 cm³/mol. The Morgan fingerprint density at radius 2 is 2.05 bits per heavy atom. The van der Waals surface area contributed by atoms with E-state index in [4.69, 9.17) is 11.6 Å². The number of nitrogens with one attached hydrogen (secondary N) is 1. The van der Waals surface area contributed by atoms with Crippen LogP contribution in [0.1, 0.15) is 45.1 Å². The van der Waals surface area contributed by atoms with Gasteiger partial charge in [-0.25, -0.2) is 0 Å². The molecule has 1 rings (SSSR count). The highest BCUT2D eigenvalue weighted by Crippen LogP contribution is 2.35. The van der Waals surface area contributed by atoms with E-state index in [9.17, 15) is 0 Å². The molecule has 0 aliphatic carbocycles. The minimum atomic E-state index is 0.322. The van der Waals surface area contributed by atoms with Gasteiger partial charge in [0.15, 0.2) is 0 Å². The van der Waals surface area contributed by atoms with E-state index in [-0.39, 0.29) is 0 Å². The maximum Gasteiger partial charge on any atom is 0.0449 e. The molecule has 0 saturated heterocycles. The van der Waals surface area contributed by atoms with Crippen molar-refractivity contribution in [2.75, 3.05) is 13.6 Å². The van der Waals surface area contributed by atoms with Gasteiger partial charge >= 0.3 is 0 Å². The SMILES string of the molecule is CCCCC(CC)(CNC)Cc1ccc(Br)cc1Cl. The van der Waals surface area contributed by atoms with Gasteiger partial charge in [-0.1, -0.05) is 60.3 Å². The van der Waals surface area contributed by atoms with E-state index in [0.29, 0.717) is 5.41 Å². The first-order chi connectivity index (χ1) is 9.06. The molecule has 0 aliphatic heterocycles. The highest BCUT2D eigenvalue weighted by Gasteiger charge is 2.27. The summed E-state index contributed by atoms with van der Waals surface area (Å²) in [6, 6.07) is 6.23. The molecule has 108 valence electrons. The summed E-state index contributed by atoms with van der Waals surface area (Å²) in [4.78, 5) is 0. The highest BCUT2D eigenvalue weighted by atomic mass is 79.9. The van der Waals surface area contributed by atoms with Crippen molar-refractivity contribution in [3.63, 3.8) is 0 Å². The highest BCUT2D eigenvalue weighted by molar-refractivity contribution is 9.10. The Balaban J connectivity index is 2.91. The molecule has 0 aromatic heterocycles. The van der Waals surface area contributed by atoms with Gasteiger partial charge < -0.3 is 5.32 Å². The van der Waals surface area contributed by atoms with Crippen LogP contribution in [0.2, 0.25) is 5.02 Å². The van der Waals surface area contributed by atoms with Crippen LogP contribution in [0, 0.1) is 5.41 Å². The van der Waals surface area contributed by atoms with Gasteiger partial charge in [0.05, 0.1) is 0 Å². The lowest BCUT2D eigenvalue weighted by Gasteiger charge is -2.33. The molecule has 19 heavy (non-hydrogen) atoms. The number of benzene rings is 1. The monoisotopic (exact) mass is 345 g/mol. The first kappa shape index (κ1) is 17.0. The van der Waals surface area contributed by atoms with E-state index in [0.717, 1.165) is 22.5 Å². The van der Waals surface area contributed by atoms with Crippen LogP contribution < -0.4 is 5.32 Å². The van der Waals surface area contributed by atoms with Crippen LogP contribution in [0.25, 0.3) is 0 Å². The largest absolute Gasteiger partial charge is 0.319 e. The van der Waals surface area contributed by atoms with Crippen molar-refractivity contribution in [2.24, 2.45) is 5.41 Å². The fourth-order valence-electron chi connectivity index (χ4n) is 2.66. The van der Waals surface area contributed by atoms with Crippen molar-refractivity contribution in [1.82, 2.24) is 5.32 Å². The molecule has 0 saturated carbocycles. The molecule has 0 amide bonds. The molecule has 0 heterocycles. The average molecular weight is 347 g/mol. The second-order valence-corrected chi connectivity index (χ2v) is 6.72. The second kappa shape index (κ2) is 8.28. The summed E-state index contributed by atoms with van der Waals surface area (Å²) in [5.41, 5.74) is 1.58. The van der Waals surface area contributed by atoms with Crippen molar-refractivity contribution in [3.05, 3.63) is 33.3 Å². The smallest absolute Gasteiger partial charge is 0.0449 e. The van der Waals surface area contributed by atoms with Gasteiger partial charge in [0.2, 0.25) is 0 Å². The summed E-state index contributed by atoms with van der Waals surface area (Å²) in [6.07, 6.45) is 6.02. The first-order valence-corrected chi connectivity index (χ1v) is 8.32. The third kappa shape index (κ3) is 5.09. The quantitative estimate of drug-likeness (QED) is 0.660. The number of rotatable bonds is 8. The number of hydrogen-bond donors (Lipinski definition) is 1. The van der Waals surface area contributed by atoms with E-state index in [1.54, 1.807) is 0 Å². The summed E-state index contributed by atoms with van der Waals surface area (Å²) < 4.78 is 1.05. The molecular formula is C16H25BrClN. The van der Waals surface area contributed by atoms with Gasteiger partial charge in [0.25, 0.3) is 0 Å². The summed E-state index contributed by atoms with van der Waals surface area (Å²) in [5.74, 6) is 0. The molecule has 1 N–H and O–H groups in total. The average Bonchev–Trinajstić information content (AvgIpc) is 2.39. The molecule has 0 spiro atoms. The van der Waals surface area contributed by atoms with E-state index >= 15 is 0 Å². The predicted octanol–water partition coefficient (Wildman–Crippen LogP) is 5.45. The topological polar surface area (TPSA) is 12.0 Å². The van der Waals surface area contributed by atoms with Crippen molar-refractivity contribution in [3.8, 4) is 0 Å². The minimum Gasteiger partial charge on any atom is -0.319 e. The van der Waals surface area contributed by atoms with Gasteiger partial charge in [-0.15, -0.1) is 0 Å². The van der Waals surface area contributed by atoms with Crippen molar-refractivity contribution >= 4 is 27.5 Å². The zero-order chi connectivity index (χ0) is 14.3. The Morgan fingerprint density at radius 1 is 1.32 bits per heavy atom. The Kier molecular flexibility index (Phi) is 7.41. The van der Waals surface area contributed by atoms with Crippen LogP contribution in [0.5, 0.6) is 0 Å². The molecule has 1 unspecified atom stereocenters. The van der Waals surface area contributed by atoms with Gasteiger partial charge in [-0.05, 0) is 49.4 Å². The van der Waals surface area contributed by atoms with E-state index in [1.165, 1.54) is 31.2 Å². The second-order valence-electron chi connectivity index (χ2n) is 5.40. The van der Waals surface area contributed by atoms with Gasteiger partial charge in [0.1, 0.15) is 0 Å². The van der Waals surface area contributed by atoms with E-state index in [1.807, 2.05) is 13.1 Å². The Hall–Kier alpha value is -0.0500. The maximum absolute atomic E-state index is 6.38. The zero-order valence-corrected chi connectivity index (χ0v) is 14.6. The number of hydrogen-bond acceptors (Lipinski definition) is 1. The molecule has 1 atom stereocenters. The number of unbranched alkanes of at least 4 members (excludes halogenated alkanes) is 1. The third-order valence-corrected chi connectivity index (χ3v) is 4.79. The molecule has 0 aliphatic rings. The minimum absolute atomic E-state index is 0.322.